The summed E-state index contributed by atoms with van der Waals surface area (Å²) in [5.74, 6) is 0.691. The van der Waals surface area contributed by atoms with Crippen LogP contribution in [-0.4, -0.2) is 28.0 Å². The Hall–Kier alpha value is -2.38. The molecule has 0 radical (unpaired) electrons. The number of sulfonamides is 1. The third-order valence-electron chi connectivity index (χ3n) is 3.78. The molecule has 3 N–H and O–H groups in total. The first-order chi connectivity index (χ1) is 12.4. The summed E-state index contributed by atoms with van der Waals surface area (Å²) in [6.07, 6.45) is 0. The minimum absolute atomic E-state index is 0.251. The lowest BCUT2D eigenvalue weighted by Gasteiger charge is -2.12. The highest BCUT2D eigenvalue weighted by atomic mass is 32.2. The molecular weight excluding hydrogens is 348 g/mol. The van der Waals surface area contributed by atoms with E-state index in [0.29, 0.717) is 19.0 Å². The summed E-state index contributed by atoms with van der Waals surface area (Å²) in [6.45, 7) is 5.86. The minimum atomic E-state index is -3.44. The van der Waals surface area contributed by atoms with Gasteiger partial charge in [-0.25, -0.2) is 18.1 Å². The van der Waals surface area contributed by atoms with Crippen molar-refractivity contribution in [2.75, 3.05) is 13.6 Å². The Bertz CT molecular complexity index is 863. The second-order valence-electron chi connectivity index (χ2n) is 5.89. The maximum absolute atomic E-state index is 11.9. The summed E-state index contributed by atoms with van der Waals surface area (Å²) in [6, 6.07) is 15.1. The van der Waals surface area contributed by atoms with E-state index in [4.69, 9.17) is 0 Å². The molecule has 0 aromatic heterocycles. The summed E-state index contributed by atoms with van der Waals surface area (Å²) in [7, 11) is -2.04. The Morgan fingerprint density at radius 3 is 2.46 bits per heavy atom. The number of nitrogens with zero attached hydrogens (tertiary/aromatic N) is 1. The lowest BCUT2D eigenvalue weighted by Crippen LogP contribution is -2.36. The van der Waals surface area contributed by atoms with Crippen LogP contribution >= 0.6 is 0 Å². The van der Waals surface area contributed by atoms with Crippen molar-refractivity contribution in [1.29, 1.82) is 0 Å². The summed E-state index contributed by atoms with van der Waals surface area (Å²) in [5.41, 5.74) is 3.21. The molecule has 0 heterocycles. The first-order valence-electron chi connectivity index (χ1n) is 8.55. The van der Waals surface area contributed by atoms with Crippen LogP contribution < -0.4 is 15.4 Å². The summed E-state index contributed by atoms with van der Waals surface area (Å²) >= 11 is 0. The van der Waals surface area contributed by atoms with Crippen LogP contribution in [0.1, 0.15) is 23.6 Å². The molecule has 2 aromatic carbocycles. The molecule has 2 rings (SSSR count). The monoisotopic (exact) mass is 374 g/mol. The van der Waals surface area contributed by atoms with Crippen molar-refractivity contribution in [3.63, 3.8) is 0 Å². The average molecular weight is 375 g/mol. The molecular formula is C19H26N4O2S. The van der Waals surface area contributed by atoms with Crippen LogP contribution in [0, 0.1) is 6.92 Å². The van der Waals surface area contributed by atoms with E-state index in [1.165, 1.54) is 12.6 Å². The lowest BCUT2D eigenvalue weighted by molar-refractivity contribution is 0.588. The molecule has 0 aliphatic heterocycles. The molecule has 0 saturated heterocycles. The van der Waals surface area contributed by atoms with Gasteiger partial charge in [0, 0.05) is 13.1 Å². The van der Waals surface area contributed by atoms with Crippen molar-refractivity contribution >= 4 is 16.0 Å². The number of hydrogen-bond donors (Lipinski definition) is 3. The zero-order valence-corrected chi connectivity index (χ0v) is 16.2. The highest BCUT2D eigenvalue weighted by Crippen LogP contribution is 2.11. The minimum Gasteiger partial charge on any atom is -0.357 e. The van der Waals surface area contributed by atoms with Gasteiger partial charge in [-0.15, -0.1) is 0 Å². The molecule has 6 nitrogen and oxygen atoms in total. The fourth-order valence-electron chi connectivity index (χ4n) is 2.45. The smallest absolute Gasteiger partial charge is 0.240 e. The second kappa shape index (κ2) is 9.35. The van der Waals surface area contributed by atoms with Crippen LogP contribution in [0.3, 0.4) is 0 Å². The topological polar surface area (TPSA) is 82.6 Å². The summed E-state index contributed by atoms with van der Waals surface area (Å²) in [4.78, 5) is 4.84. The number of nitrogens with one attached hydrogen (secondary N) is 3. The van der Waals surface area contributed by atoms with Crippen molar-refractivity contribution in [3.05, 3.63) is 65.2 Å². The van der Waals surface area contributed by atoms with Gasteiger partial charge in [0.05, 0.1) is 11.4 Å². The van der Waals surface area contributed by atoms with Gasteiger partial charge in [0.2, 0.25) is 10.0 Å². The zero-order chi connectivity index (χ0) is 19.0. The summed E-state index contributed by atoms with van der Waals surface area (Å²) < 4.78 is 26.2. The van der Waals surface area contributed by atoms with Gasteiger partial charge in [-0.2, -0.15) is 0 Å². The lowest BCUT2D eigenvalue weighted by atomic mass is 10.1. The van der Waals surface area contributed by atoms with Crippen molar-refractivity contribution in [1.82, 2.24) is 15.4 Å². The standard InChI is InChI=1S/C19H26N4O2S/c1-4-21-19(22-13-16-8-5-7-15(2)11-16)23-14-17-9-6-10-18(12-17)26(24,25)20-3/h5-12,20H,4,13-14H2,1-3H3,(H2,21,22,23). The van der Waals surface area contributed by atoms with Crippen LogP contribution in [-0.2, 0) is 23.1 Å². The van der Waals surface area contributed by atoms with Crippen LogP contribution in [0.25, 0.3) is 0 Å². The van der Waals surface area contributed by atoms with Crippen molar-refractivity contribution in [2.45, 2.75) is 31.8 Å². The predicted molar refractivity (Wildman–Crippen MR) is 106 cm³/mol. The quantitative estimate of drug-likeness (QED) is 0.512. The number of aliphatic imine (C=N–C) groups is 1. The van der Waals surface area contributed by atoms with E-state index in [2.05, 4.69) is 39.4 Å². The second-order valence-corrected chi connectivity index (χ2v) is 7.78. The molecule has 2 aromatic rings. The van der Waals surface area contributed by atoms with Gasteiger partial charge >= 0.3 is 0 Å². The number of rotatable bonds is 7. The number of hydrogen-bond acceptors (Lipinski definition) is 3. The van der Waals surface area contributed by atoms with Gasteiger partial charge in [-0.1, -0.05) is 42.0 Å². The molecule has 0 amide bonds. The van der Waals surface area contributed by atoms with Gasteiger partial charge in [-0.3, -0.25) is 0 Å². The predicted octanol–water partition coefficient (Wildman–Crippen LogP) is 2.16. The van der Waals surface area contributed by atoms with E-state index in [0.717, 1.165) is 17.7 Å². The normalized spacial score (nSPS) is 12.0. The van der Waals surface area contributed by atoms with Gasteiger partial charge in [-0.05, 0) is 44.2 Å². The Morgan fingerprint density at radius 2 is 1.77 bits per heavy atom. The SMILES string of the molecule is CCNC(=NCc1cccc(C)c1)NCc1cccc(S(=O)(=O)NC)c1. The zero-order valence-electron chi connectivity index (χ0n) is 15.4. The van der Waals surface area contributed by atoms with E-state index in [-0.39, 0.29) is 4.90 Å². The van der Waals surface area contributed by atoms with E-state index in [1.807, 2.05) is 25.1 Å². The Balaban J connectivity index is 2.06. The third-order valence-corrected chi connectivity index (χ3v) is 5.20. The molecule has 140 valence electrons. The van der Waals surface area contributed by atoms with Crippen molar-refractivity contribution in [2.24, 2.45) is 4.99 Å². The first-order valence-corrected chi connectivity index (χ1v) is 10.0. The van der Waals surface area contributed by atoms with Gasteiger partial charge in [0.1, 0.15) is 0 Å². The summed E-state index contributed by atoms with van der Waals surface area (Å²) in [5, 5.41) is 6.44. The van der Waals surface area contributed by atoms with Crippen molar-refractivity contribution < 1.29 is 8.42 Å². The molecule has 0 spiro atoms. The van der Waals surface area contributed by atoms with Crippen LogP contribution in [0.15, 0.2) is 58.4 Å². The van der Waals surface area contributed by atoms with Gasteiger partial charge in [0.25, 0.3) is 0 Å². The van der Waals surface area contributed by atoms with E-state index < -0.39 is 10.0 Å². The van der Waals surface area contributed by atoms with Gasteiger partial charge in [0.15, 0.2) is 5.96 Å². The number of aryl methyl sites for hydroxylation is 1. The molecule has 0 atom stereocenters. The Morgan fingerprint density at radius 1 is 1.04 bits per heavy atom. The van der Waals surface area contributed by atoms with Crippen molar-refractivity contribution in [3.8, 4) is 0 Å². The first kappa shape index (κ1) is 19.9. The number of benzene rings is 2. The largest absolute Gasteiger partial charge is 0.357 e. The third kappa shape index (κ3) is 5.86. The van der Waals surface area contributed by atoms with Crippen LogP contribution in [0.2, 0.25) is 0 Å². The molecule has 0 bridgehead atoms. The molecule has 0 unspecified atom stereocenters. The average Bonchev–Trinajstić information content (AvgIpc) is 2.64. The Kier molecular flexibility index (Phi) is 7.17. The Labute approximate surface area is 155 Å². The molecule has 0 fully saturated rings. The molecule has 7 heteroatoms. The van der Waals surface area contributed by atoms with E-state index in [9.17, 15) is 8.42 Å². The molecule has 0 aliphatic rings. The van der Waals surface area contributed by atoms with E-state index >= 15 is 0 Å². The highest BCUT2D eigenvalue weighted by molar-refractivity contribution is 7.89. The van der Waals surface area contributed by atoms with Crippen LogP contribution in [0.5, 0.6) is 0 Å². The van der Waals surface area contributed by atoms with Gasteiger partial charge < -0.3 is 10.6 Å². The van der Waals surface area contributed by atoms with E-state index in [1.54, 1.807) is 18.2 Å². The maximum Gasteiger partial charge on any atom is 0.240 e. The molecule has 26 heavy (non-hydrogen) atoms. The maximum atomic E-state index is 11.9. The van der Waals surface area contributed by atoms with Crippen LogP contribution in [0.4, 0.5) is 0 Å². The fourth-order valence-corrected chi connectivity index (χ4v) is 3.25. The highest BCUT2D eigenvalue weighted by Gasteiger charge is 2.11. The molecule has 0 saturated carbocycles. The number of guanidine groups is 1. The molecule has 0 aliphatic carbocycles. The fraction of sp³-hybridized carbons (Fsp3) is 0.316.